The highest BCUT2D eigenvalue weighted by atomic mass is 16.7. The van der Waals surface area contributed by atoms with Gasteiger partial charge in [0.25, 0.3) is 0 Å². The van der Waals surface area contributed by atoms with Crippen molar-refractivity contribution in [3.05, 3.63) is 25.4 Å². The maximum atomic E-state index is 10.4. The summed E-state index contributed by atoms with van der Waals surface area (Å²) in [5.74, 6) is -2.44. The number of nitro groups is 2. The lowest BCUT2D eigenvalue weighted by Crippen LogP contribution is -1.99. The zero-order chi connectivity index (χ0) is 9.30. The Morgan fingerprint density at radius 1 is 1.25 bits per heavy atom. The fraction of sp³-hybridized carbons (Fsp3) is 0. The van der Waals surface area contributed by atoms with Gasteiger partial charge < -0.3 is 25.4 Å². The van der Waals surface area contributed by atoms with Crippen LogP contribution in [0.15, 0.2) is 0 Å². The van der Waals surface area contributed by atoms with Crippen molar-refractivity contribution in [3.8, 4) is 0 Å². The lowest BCUT2D eigenvalue weighted by atomic mass is 10.7. The van der Waals surface area contributed by atoms with E-state index in [0.717, 1.165) is 0 Å². The lowest BCUT2D eigenvalue weighted by molar-refractivity contribution is -0.428. The van der Waals surface area contributed by atoms with Crippen LogP contribution < -0.4 is 0 Å². The van der Waals surface area contributed by atoms with Crippen LogP contribution in [0, 0.1) is 25.4 Å². The predicted molar refractivity (Wildman–Crippen MR) is 32.1 cm³/mol. The first-order valence-corrected chi connectivity index (χ1v) is 2.46. The molecule has 0 saturated carbocycles. The van der Waals surface area contributed by atoms with Crippen LogP contribution in [0.4, 0.5) is 11.6 Å². The predicted octanol–water partition coefficient (Wildman–Crippen LogP) is -0.560. The third kappa shape index (κ3) is 1.00. The summed E-state index contributed by atoms with van der Waals surface area (Å²) < 4.78 is 0. The normalized spacial score (nSPS) is 9.67. The highest BCUT2D eigenvalue weighted by molar-refractivity contribution is 5.38. The second kappa shape index (κ2) is 2.41. The SMILES string of the molecule is O=[N+]([O-])c1nnn([O-])c1[N+](=O)[O-]. The first-order chi connectivity index (χ1) is 5.54. The number of hydrogen-bond acceptors (Lipinski definition) is 7. The van der Waals surface area contributed by atoms with Gasteiger partial charge in [-0.05, 0) is 9.85 Å². The zero-order valence-electron chi connectivity index (χ0n) is 5.28. The maximum absolute atomic E-state index is 10.4. The molecule has 0 aliphatic carbocycles. The molecule has 1 heterocycles. The van der Waals surface area contributed by atoms with Crippen molar-refractivity contribution in [2.24, 2.45) is 0 Å². The van der Waals surface area contributed by atoms with Crippen molar-refractivity contribution in [3.63, 3.8) is 0 Å². The van der Waals surface area contributed by atoms with Crippen LogP contribution >= 0.6 is 0 Å². The highest BCUT2D eigenvalue weighted by Gasteiger charge is 2.31. The second-order valence-corrected chi connectivity index (χ2v) is 1.62. The monoisotopic (exact) mass is 174 g/mol. The summed E-state index contributed by atoms with van der Waals surface area (Å²) in [6.45, 7) is 0. The maximum Gasteiger partial charge on any atom is 0.490 e. The Hall–Kier alpha value is -2.26. The van der Waals surface area contributed by atoms with E-state index in [0.29, 0.717) is 0 Å². The first kappa shape index (κ1) is 7.84. The number of hydrogen-bond donors (Lipinski definition) is 0. The van der Waals surface area contributed by atoms with Crippen molar-refractivity contribution in [1.29, 1.82) is 0 Å². The van der Waals surface area contributed by atoms with Crippen molar-refractivity contribution < 1.29 is 9.85 Å². The van der Waals surface area contributed by atoms with Crippen LogP contribution in [0.2, 0.25) is 0 Å². The molecule has 0 spiro atoms. The van der Waals surface area contributed by atoms with E-state index in [-0.39, 0.29) is 0 Å². The zero-order valence-corrected chi connectivity index (χ0v) is 5.28. The van der Waals surface area contributed by atoms with E-state index in [2.05, 4.69) is 10.3 Å². The van der Waals surface area contributed by atoms with E-state index < -0.39 is 26.3 Å². The number of aromatic nitrogens is 3. The Kier molecular flexibility index (Phi) is 1.58. The van der Waals surface area contributed by atoms with Gasteiger partial charge in [-0.25, -0.2) is 0 Å². The summed E-state index contributed by atoms with van der Waals surface area (Å²) in [5.41, 5.74) is 0. The number of rotatable bonds is 2. The summed E-state index contributed by atoms with van der Waals surface area (Å²) in [7, 11) is 0. The van der Waals surface area contributed by atoms with Crippen LogP contribution in [0.3, 0.4) is 0 Å². The van der Waals surface area contributed by atoms with Gasteiger partial charge in [0.2, 0.25) is 0 Å². The topological polar surface area (TPSA) is 140 Å². The van der Waals surface area contributed by atoms with E-state index in [1.165, 1.54) is 0 Å². The van der Waals surface area contributed by atoms with E-state index in [1.54, 1.807) is 0 Å². The highest BCUT2D eigenvalue weighted by Crippen LogP contribution is 2.21. The fourth-order valence-electron chi connectivity index (χ4n) is 0.525. The molecular formula is C2N5O5-. The molecule has 0 saturated heterocycles. The Morgan fingerprint density at radius 3 is 2.17 bits per heavy atom. The van der Waals surface area contributed by atoms with E-state index in [9.17, 15) is 25.4 Å². The fourth-order valence-corrected chi connectivity index (χ4v) is 0.525. The number of nitrogens with zero attached hydrogens (tertiary/aromatic N) is 5. The van der Waals surface area contributed by atoms with Gasteiger partial charge in [-0.1, -0.05) is 4.85 Å². The summed E-state index contributed by atoms with van der Waals surface area (Å²) >= 11 is 0. The molecule has 0 aliphatic rings. The molecule has 0 amide bonds. The minimum Gasteiger partial charge on any atom is -0.688 e. The molecule has 0 N–H and O–H groups in total. The van der Waals surface area contributed by atoms with Crippen LogP contribution in [-0.4, -0.2) is 25.0 Å². The minimum absolute atomic E-state index is 0.516. The molecule has 1 rings (SSSR count). The van der Waals surface area contributed by atoms with Gasteiger partial charge in [-0.15, -0.1) is 0 Å². The summed E-state index contributed by atoms with van der Waals surface area (Å²) in [5, 5.41) is 35.7. The van der Waals surface area contributed by atoms with Crippen LogP contribution in [0.25, 0.3) is 0 Å². The Balaban J connectivity index is 3.31. The molecule has 0 atom stereocenters. The molecule has 10 heteroatoms. The summed E-state index contributed by atoms with van der Waals surface area (Å²) in [6, 6.07) is 0. The summed E-state index contributed by atoms with van der Waals surface area (Å²) in [6.07, 6.45) is 0. The molecule has 12 heavy (non-hydrogen) atoms. The Morgan fingerprint density at radius 2 is 1.83 bits per heavy atom. The van der Waals surface area contributed by atoms with Crippen molar-refractivity contribution >= 4 is 11.6 Å². The minimum atomic E-state index is -1.28. The quantitative estimate of drug-likeness (QED) is 0.432. The van der Waals surface area contributed by atoms with Crippen LogP contribution in [-0.2, 0) is 0 Å². The third-order valence-corrected chi connectivity index (χ3v) is 0.948. The van der Waals surface area contributed by atoms with Gasteiger partial charge in [0, 0.05) is 0 Å². The van der Waals surface area contributed by atoms with Crippen LogP contribution in [0.5, 0.6) is 0 Å². The van der Waals surface area contributed by atoms with Gasteiger partial charge in [0.1, 0.15) is 5.10 Å². The molecule has 0 aromatic carbocycles. The molecule has 1 aromatic heterocycles. The Labute approximate surface area is 63.3 Å². The smallest absolute Gasteiger partial charge is 0.490 e. The van der Waals surface area contributed by atoms with Gasteiger partial charge in [0.05, 0.1) is 0 Å². The summed E-state index contributed by atoms with van der Waals surface area (Å²) in [4.78, 5) is 17.1. The van der Waals surface area contributed by atoms with E-state index >= 15 is 0 Å². The van der Waals surface area contributed by atoms with Gasteiger partial charge >= 0.3 is 11.6 Å². The molecule has 1 aromatic rings. The molecule has 64 valence electrons. The van der Waals surface area contributed by atoms with Gasteiger partial charge in [0.15, 0.2) is 5.21 Å². The van der Waals surface area contributed by atoms with E-state index in [1.807, 2.05) is 0 Å². The van der Waals surface area contributed by atoms with Gasteiger partial charge in [-0.2, -0.15) is 0 Å². The standard InChI is InChI=1S/C2N5O5/c8-5-2(7(11)12)1(3-4-5)6(9)10/q-1. The first-order valence-electron chi connectivity index (χ1n) is 2.46. The Bertz CT molecular complexity index is 342. The van der Waals surface area contributed by atoms with E-state index in [4.69, 9.17) is 0 Å². The average molecular weight is 174 g/mol. The molecule has 0 unspecified atom stereocenters. The molecule has 0 fully saturated rings. The average Bonchev–Trinajstić information content (AvgIpc) is 2.30. The third-order valence-electron chi connectivity index (χ3n) is 0.948. The molecule has 0 radical (unpaired) electrons. The molecular weight excluding hydrogens is 174 g/mol. The molecule has 10 nitrogen and oxygen atoms in total. The molecule has 0 bridgehead atoms. The molecule has 0 aliphatic heterocycles. The second-order valence-electron chi connectivity index (χ2n) is 1.62. The van der Waals surface area contributed by atoms with Crippen molar-refractivity contribution in [2.75, 3.05) is 0 Å². The lowest BCUT2D eigenvalue weighted by Gasteiger charge is -1.94. The van der Waals surface area contributed by atoms with Crippen LogP contribution in [0.1, 0.15) is 0 Å². The van der Waals surface area contributed by atoms with Crippen molar-refractivity contribution in [1.82, 2.24) is 15.2 Å². The van der Waals surface area contributed by atoms with Crippen molar-refractivity contribution in [2.45, 2.75) is 0 Å². The largest absolute Gasteiger partial charge is 0.688 e. The van der Waals surface area contributed by atoms with Gasteiger partial charge in [-0.3, -0.25) is 0 Å².